The van der Waals surface area contributed by atoms with Gasteiger partial charge >= 0.3 is 0 Å². The van der Waals surface area contributed by atoms with Gasteiger partial charge in [0.15, 0.2) is 5.82 Å². The highest BCUT2D eigenvalue weighted by atomic mass is 32.2. The van der Waals surface area contributed by atoms with E-state index in [1.54, 1.807) is 11.8 Å². The molecule has 108 valence electrons. The van der Waals surface area contributed by atoms with Crippen LogP contribution in [0.5, 0.6) is 0 Å². The van der Waals surface area contributed by atoms with Gasteiger partial charge in [-0.1, -0.05) is 42.6 Å². The van der Waals surface area contributed by atoms with Crippen LogP contribution in [0.3, 0.4) is 0 Å². The minimum Gasteiger partial charge on any atom is -0.338 e. The van der Waals surface area contributed by atoms with Crippen LogP contribution in [0.15, 0.2) is 33.7 Å². The molecule has 2 N–H and O–H groups in total. The molecule has 0 aliphatic carbocycles. The lowest BCUT2D eigenvalue weighted by Crippen LogP contribution is -2.10. The van der Waals surface area contributed by atoms with Gasteiger partial charge in [0, 0.05) is 4.90 Å². The first-order valence-corrected chi connectivity index (χ1v) is 7.95. The quantitative estimate of drug-likeness (QED) is 0.785. The van der Waals surface area contributed by atoms with E-state index in [2.05, 4.69) is 48.3 Å². The molecule has 1 aromatic heterocycles. The van der Waals surface area contributed by atoms with E-state index < -0.39 is 0 Å². The van der Waals surface area contributed by atoms with E-state index in [4.69, 9.17) is 10.3 Å². The summed E-state index contributed by atoms with van der Waals surface area (Å²) < 4.78 is 5.23. The number of thioether (sulfide) groups is 1. The van der Waals surface area contributed by atoms with Crippen LogP contribution in [0.4, 0.5) is 0 Å². The zero-order valence-electron chi connectivity index (χ0n) is 12.0. The number of benzene rings is 1. The molecule has 1 aromatic carbocycles. The van der Waals surface area contributed by atoms with Crippen molar-refractivity contribution in [3.05, 3.63) is 41.5 Å². The van der Waals surface area contributed by atoms with Gasteiger partial charge in [-0.05, 0) is 25.5 Å². The summed E-state index contributed by atoms with van der Waals surface area (Å²) in [6.07, 6.45) is 3.10. The highest BCUT2D eigenvalue weighted by Crippen LogP contribution is 2.23. The van der Waals surface area contributed by atoms with Gasteiger partial charge in [0.1, 0.15) is 0 Å². The molecule has 0 amide bonds. The summed E-state index contributed by atoms with van der Waals surface area (Å²) in [4.78, 5) is 5.58. The molecule has 0 aliphatic rings. The fourth-order valence-corrected chi connectivity index (χ4v) is 2.55. The lowest BCUT2D eigenvalue weighted by Gasteiger charge is -2.03. The van der Waals surface area contributed by atoms with Crippen molar-refractivity contribution in [1.82, 2.24) is 10.1 Å². The Balaban J connectivity index is 1.87. The maximum atomic E-state index is 6.02. The minimum atomic E-state index is -0.138. The minimum absolute atomic E-state index is 0.138. The van der Waals surface area contributed by atoms with E-state index in [1.807, 2.05) is 0 Å². The van der Waals surface area contributed by atoms with Gasteiger partial charge in [-0.15, -0.1) is 11.8 Å². The average Bonchev–Trinajstić information content (AvgIpc) is 2.93. The zero-order valence-corrected chi connectivity index (χ0v) is 12.8. The maximum Gasteiger partial charge on any atom is 0.243 e. The Morgan fingerprint density at radius 1 is 1.30 bits per heavy atom. The van der Waals surface area contributed by atoms with Crippen LogP contribution in [0, 0.1) is 6.92 Å². The maximum absolute atomic E-state index is 6.02. The third-order valence-corrected chi connectivity index (χ3v) is 4.07. The standard InChI is InChI=1S/C15H21N3OS/c1-3-4-5-13(16)15-17-14(18-19-15)10-20-12-8-6-11(2)7-9-12/h6-9,13H,3-5,10,16H2,1-2H3. The molecule has 5 heteroatoms. The number of unbranched alkanes of at least 4 members (excludes halogenated alkanes) is 1. The largest absolute Gasteiger partial charge is 0.338 e. The smallest absolute Gasteiger partial charge is 0.243 e. The molecule has 20 heavy (non-hydrogen) atoms. The third kappa shape index (κ3) is 4.35. The summed E-state index contributed by atoms with van der Waals surface area (Å²) in [6.45, 7) is 4.22. The second kappa shape index (κ2) is 7.45. The Kier molecular flexibility index (Phi) is 5.61. The fraction of sp³-hybridized carbons (Fsp3) is 0.467. The van der Waals surface area contributed by atoms with Crippen LogP contribution in [-0.4, -0.2) is 10.1 Å². The van der Waals surface area contributed by atoms with Crippen molar-refractivity contribution in [2.24, 2.45) is 5.73 Å². The molecular weight excluding hydrogens is 270 g/mol. The van der Waals surface area contributed by atoms with Crippen molar-refractivity contribution >= 4 is 11.8 Å². The Bertz CT molecular complexity index is 524. The van der Waals surface area contributed by atoms with Crippen LogP contribution in [0.1, 0.15) is 49.5 Å². The zero-order chi connectivity index (χ0) is 14.4. The van der Waals surface area contributed by atoms with Crippen LogP contribution in [0.25, 0.3) is 0 Å². The number of aromatic nitrogens is 2. The van der Waals surface area contributed by atoms with E-state index in [1.165, 1.54) is 10.5 Å². The van der Waals surface area contributed by atoms with Gasteiger partial charge in [0.25, 0.3) is 0 Å². The average molecular weight is 291 g/mol. The molecule has 0 aliphatic heterocycles. The molecule has 0 saturated heterocycles. The molecule has 2 aromatic rings. The number of aryl methyl sites for hydroxylation is 1. The molecule has 2 rings (SSSR count). The van der Waals surface area contributed by atoms with Crippen molar-refractivity contribution in [3.63, 3.8) is 0 Å². The summed E-state index contributed by atoms with van der Waals surface area (Å²) in [5.74, 6) is 1.96. The first kappa shape index (κ1) is 15.1. The molecule has 0 fully saturated rings. The van der Waals surface area contributed by atoms with Gasteiger partial charge in [-0.2, -0.15) is 4.98 Å². The van der Waals surface area contributed by atoms with Gasteiger partial charge in [-0.25, -0.2) is 0 Å². The van der Waals surface area contributed by atoms with Crippen molar-refractivity contribution in [1.29, 1.82) is 0 Å². The number of hydrogen-bond acceptors (Lipinski definition) is 5. The van der Waals surface area contributed by atoms with Gasteiger partial charge in [0.2, 0.25) is 5.89 Å². The fourth-order valence-electron chi connectivity index (χ4n) is 1.81. The lowest BCUT2D eigenvalue weighted by molar-refractivity contribution is 0.343. The molecular formula is C15H21N3OS. The third-order valence-electron chi connectivity index (χ3n) is 3.06. The molecule has 0 radical (unpaired) electrons. The predicted octanol–water partition coefficient (Wildman–Crippen LogP) is 3.86. The highest BCUT2D eigenvalue weighted by molar-refractivity contribution is 7.98. The second-order valence-corrected chi connectivity index (χ2v) is 5.95. The number of nitrogens with two attached hydrogens (primary N) is 1. The molecule has 0 saturated carbocycles. The van der Waals surface area contributed by atoms with E-state index in [9.17, 15) is 0 Å². The van der Waals surface area contributed by atoms with Crippen LogP contribution < -0.4 is 5.73 Å². The molecule has 1 unspecified atom stereocenters. The molecule has 1 heterocycles. The Morgan fingerprint density at radius 3 is 2.75 bits per heavy atom. The Morgan fingerprint density at radius 2 is 2.05 bits per heavy atom. The van der Waals surface area contributed by atoms with E-state index in [0.29, 0.717) is 17.5 Å². The summed E-state index contributed by atoms with van der Waals surface area (Å²) in [7, 11) is 0. The lowest BCUT2D eigenvalue weighted by atomic mass is 10.1. The highest BCUT2D eigenvalue weighted by Gasteiger charge is 2.14. The summed E-state index contributed by atoms with van der Waals surface area (Å²) in [6, 6.07) is 8.28. The van der Waals surface area contributed by atoms with Gasteiger partial charge in [-0.3, -0.25) is 0 Å². The topological polar surface area (TPSA) is 64.9 Å². The van der Waals surface area contributed by atoms with Crippen molar-refractivity contribution in [3.8, 4) is 0 Å². The summed E-state index contributed by atoms with van der Waals surface area (Å²) in [5, 5.41) is 3.99. The molecule has 0 bridgehead atoms. The van der Waals surface area contributed by atoms with Crippen molar-refractivity contribution in [2.75, 3.05) is 0 Å². The van der Waals surface area contributed by atoms with Crippen LogP contribution >= 0.6 is 11.8 Å². The first-order valence-electron chi connectivity index (χ1n) is 6.96. The molecule has 0 spiro atoms. The first-order chi connectivity index (χ1) is 9.69. The number of rotatable bonds is 7. The van der Waals surface area contributed by atoms with Crippen molar-refractivity contribution < 1.29 is 4.52 Å². The Labute approximate surface area is 124 Å². The SMILES string of the molecule is CCCCC(N)c1nc(CSc2ccc(C)cc2)no1. The monoisotopic (exact) mass is 291 g/mol. The predicted molar refractivity (Wildman–Crippen MR) is 81.5 cm³/mol. The molecule has 1 atom stereocenters. The van der Waals surface area contributed by atoms with E-state index in [0.717, 1.165) is 19.3 Å². The molecule has 4 nitrogen and oxygen atoms in total. The van der Waals surface area contributed by atoms with Gasteiger partial charge < -0.3 is 10.3 Å². The second-order valence-electron chi connectivity index (χ2n) is 4.90. The van der Waals surface area contributed by atoms with Gasteiger partial charge in [0.05, 0.1) is 11.8 Å². The summed E-state index contributed by atoms with van der Waals surface area (Å²) in [5.41, 5.74) is 7.28. The van der Waals surface area contributed by atoms with E-state index >= 15 is 0 Å². The van der Waals surface area contributed by atoms with Crippen molar-refractivity contribution in [2.45, 2.75) is 49.8 Å². The van der Waals surface area contributed by atoms with Crippen LogP contribution in [-0.2, 0) is 5.75 Å². The Hall–Kier alpha value is -1.33. The number of hydrogen-bond donors (Lipinski definition) is 1. The number of nitrogens with zero attached hydrogens (tertiary/aromatic N) is 2. The van der Waals surface area contributed by atoms with E-state index in [-0.39, 0.29) is 6.04 Å². The normalized spacial score (nSPS) is 12.6. The van der Waals surface area contributed by atoms with Crippen LogP contribution in [0.2, 0.25) is 0 Å². The summed E-state index contributed by atoms with van der Waals surface area (Å²) >= 11 is 1.70.